The Bertz CT molecular complexity index is 242. The molecule has 0 aromatic carbocycles. The fourth-order valence-corrected chi connectivity index (χ4v) is 3.34. The molecule has 0 heterocycles. The van der Waals surface area contributed by atoms with Gasteiger partial charge in [0.15, 0.2) is 0 Å². The third kappa shape index (κ3) is 2.97. The third-order valence-electron chi connectivity index (χ3n) is 4.10. The van der Waals surface area contributed by atoms with E-state index in [0.29, 0.717) is 13.0 Å². The predicted octanol–water partition coefficient (Wildman–Crippen LogP) is 1.97. The van der Waals surface area contributed by atoms with E-state index in [1.54, 1.807) is 0 Å². The average Bonchev–Trinajstić information content (AvgIpc) is 2.86. The first-order chi connectivity index (χ1) is 7.79. The van der Waals surface area contributed by atoms with Gasteiger partial charge < -0.3 is 10.1 Å². The van der Waals surface area contributed by atoms with E-state index in [-0.39, 0.29) is 5.97 Å². The molecule has 0 aromatic heterocycles. The lowest BCUT2D eigenvalue weighted by Gasteiger charge is -2.21. The van der Waals surface area contributed by atoms with Crippen molar-refractivity contribution < 1.29 is 9.53 Å². The molecule has 0 aliphatic heterocycles. The van der Waals surface area contributed by atoms with Gasteiger partial charge in [0.1, 0.15) is 0 Å². The minimum atomic E-state index is -0.0806. The van der Waals surface area contributed by atoms with Crippen molar-refractivity contribution in [3.63, 3.8) is 0 Å². The molecular weight excluding hydrogens is 202 g/mol. The summed E-state index contributed by atoms with van der Waals surface area (Å²) < 4.78 is 4.88. The molecule has 0 amide bonds. The standard InChI is InChI=1S/C13H23NO2/c1-2-16-13(15)5-6-14-9-12-8-10-3-4-11(12)7-10/h10-12,14H,2-9H2,1H3. The van der Waals surface area contributed by atoms with Gasteiger partial charge >= 0.3 is 5.97 Å². The van der Waals surface area contributed by atoms with Crippen LogP contribution in [0, 0.1) is 17.8 Å². The van der Waals surface area contributed by atoms with Gasteiger partial charge in [0.05, 0.1) is 13.0 Å². The number of hydrogen-bond donors (Lipinski definition) is 1. The molecular formula is C13H23NO2. The van der Waals surface area contributed by atoms with Gasteiger partial charge in [-0.2, -0.15) is 0 Å². The monoisotopic (exact) mass is 225 g/mol. The van der Waals surface area contributed by atoms with Crippen LogP contribution in [0.2, 0.25) is 0 Å². The van der Waals surface area contributed by atoms with Crippen molar-refractivity contribution in [3.8, 4) is 0 Å². The minimum absolute atomic E-state index is 0.0806. The number of ether oxygens (including phenoxy) is 1. The van der Waals surface area contributed by atoms with Crippen molar-refractivity contribution in [1.82, 2.24) is 5.32 Å². The summed E-state index contributed by atoms with van der Waals surface area (Å²) in [6.07, 6.45) is 6.29. The molecule has 2 bridgehead atoms. The van der Waals surface area contributed by atoms with E-state index in [1.165, 1.54) is 25.7 Å². The summed E-state index contributed by atoms with van der Waals surface area (Å²) in [5.41, 5.74) is 0. The fourth-order valence-electron chi connectivity index (χ4n) is 3.34. The van der Waals surface area contributed by atoms with Crippen molar-refractivity contribution >= 4 is 5.97 Å². The summed E-state index contributed by atoms with van der Waals surface area (Å²) in [5.74, 6) is 2.78. The van der Waals surface area contributed by atoms with Gasteiger partial charge in [0.25, 0.3) is 0 Å². The second-order valence-electron chi connectivity index (χ2n) is 5.19. The van der Waals surface area contributed by atoms with Gasteiger partial charge in [-0.15, -0.1) is 0 Å². The molecule has 0 spiro atoms. The highest BCUT2D eigenvalue weighted by Gasteiger charge is 2.38. The van der Waals surface area contributed by atoms with Crippen LogP contribution in [0.15, 0.2) is 0 Å². The molecule has 2 aliphatic carbocycles. The lowest BCUT2D eigenvalue weighted by Crippen LogP contribution is -2.28. The van der Waals surface area contributed by atoms with Gasteiger partial charge in [0.2, 0.25) is 0 Å². The Morgan fingerprint density at radius 3 is 2.88 bits per heavy atom. The Morgan fingerprint density at radius 1 is 1.38 bits per heavy atom. The smallest absolute Gasteiger partial charge is 0.307 e. The molecule has 3 nitrogen and oxygen atoms in total. The topological polar surface area (TPSA) is 38.3 Å². The molecule has 16 heavy (non-hydrogen) atoms. The SMILES string of the molecule is CCOC(=O)CCNCC1CC2CCC1C2. The Labute approximate surface area is 97.9 Å². The lowest BCUT2D eigenvalue weighted by atomic mass is 9.89. The van der Waals surface area contributed by atoms with Crippen LogP contribution in [0.4, 0.5) is 0 Å². The van der Waals surface area contributed by atoms with E-state index in [0.717, 1.165) is 30.8 Å². The van der Waals surface area contributed by atoms with Crippen LogP contribution in [0.25, 0.3) is 0 Å². The van der Waals surface area contributed by atoms with Gasteiger partial charge in [-0.25, -0.2) is 0 Å². The summed E-state index contributed by atoms with van der Waals surface area (Å²) in [5, 5.41) is 3.40. The van der Waals surface area contributed by atoms with Crippen LogP contribution in [0.1, 0.15) is 39.0 Å². The molecule has 3 heteroatoms. The summed E-state index contributed by atoms with van der Waals surface area (Å²) in [7, 11) is 0. The normalized spacial score (nSPS) is 31.9. The van der Waals surface area contributed by atoms with Crippen molar-refractivity contribution in [3.05, 3.63) is 0 Å². The summed E-state index contributed by atoms with van der Waals surface area (Å²) in [6.45, 7) is 4.21. The first-order valence-electron chi connectivity index (χ1n) is 6.66. The zero-order valence-corrected chi connectivity index (χ0v) is 10.2. The Kier molecular flexibility index (Phi) is 4.22. The number of carbonyl (C=O) groups is 1. The molecule has 2 fully saturated rings. The molecule has 0 aromatic rings. The van der Waals surface area contributed by atoms with Gasteiger partial charge in [0, 0.05) is 6.54 Å². The quantitative estimate of drug-likeness (QED) is 0.555. The molecule has 2 saturated carbocycles. The fraction of sp³-hybridized carbons (Fsp3) is 0.923. The highest BCUT2D eigenvalue weighted by molar-refractivity contribution is 5.69. The molecule has 2 rings (SSSR count). The average molecular weight is 225 g/mol. The molecule has 2 aliphatic rings. The summed E-state index contributed by atoms with van der Waals surface area (Å²) in [6, 6.07) is 0. The van der Waals surface area contributed by atoms with E-state index >= 15 is 0 Å². The van der Waals surface area contributed by atoms with Gasteiger partial charge in [-0.3, -0.25) is 4.79 Å². The summed E-state index contributed by atoms with van der Waals surface area (Å²) >= 11 is 0. The second kappa shape index (κ2) is 5.67. The van der Waals surface area contributed by atoms with E-state index < -0.39 is 0 Å². The number of nitrogens with one attached hydrogen (secondary N) is 1. The first kappa shape index (κ1) is 11.9. The molecule has 3 unspecified atom stereocenters. The number of esters is 1. The van der Waals surface area contributed by atoms with Crippen LogP contribution in [0.5, 0.6) is 0 Å². The van der Waals surface area contributed by atoms with Crippen LogP contribution in [0.3, 0.4) is 0 Å². The van der Waals surface area contributed by atoms with Crippen LogP contribution >= 0.6 is 0 Å². The highest BCUT2D eigenvalue weighted by Crippen LogP contribution is 2.47. The Morgan fingerprint density at radius 2 is 2.25 bits per heavy atom. The van der Waals surface area contributed by atoms with Crippen LogP contribution in [-0.4, -0.2) is 25.7 Å². The zero-order valence-electron chi connectivity index (χ0n) is 10.2. The van der Waals surface area contributed by atoms with Crippen LogP contribution < -0.4 is 5.32 Å². The van der Waals surface area contributed by atoms with Crippen molar-refractivity contribution in [2.24, 2.45) is 17.8 Å². The maximum atomic E-state index is 11.1. The largest absolute Gasteiger partial charge is 0.466 e. The zero-order chi connectivity index (χ0) is 11.4. The van der Waals surface area contributed by atoms with Crippen molar-refractivity contribution in [1.29, 1.82) is 0 Å². The lowest BCUT2D eigenvalue weighted by molar-refractivity contribution is -0.142. The van der Waals surface area contributed by atoms with Crippen molar-refractivity contribution in [2.75, 3.05) is 19.7 Å². The Hall–Kier alpha value is -0.570. The van der Waals surface area contributed by atoms with Crippen molar-refractivity contribution in [2.45, 2.75) is 39.0 Å². The maximum absolute atomic E-state index is 11.1. The molecule has 3 atom stereocenters. The van der Waals surface area contributed by atoms with Crippen LogP contribution in [-0.2, 0) is 9.53 Å². The molecule has 1 N–H and O–H groups in total. The van der Waals surface area contributed by atoms with Gasteiger partial charge in [-0.05, 0) is 50.5 Å². The van der Waals surface area contributed by atoms with E-state index in [9.17, 15) is 4.79 Å². The van der Waals surface area contributed by atoms with E-state index in [4.69, 9.17) is 4.74 Å². The number of hydrogen-bond acceptors (Lipinski definition) is 3. The second-order valence-corrected chi connectivity index (χ2v) is 5.19. The minimum Gasteiger partial charge on any atom is -0.466 e. The first-order valence-corrected chi connectivity index (χ1v) is 6.66. The number of fused-ring (bicyclic) bond motifs is 2. The Balaban J connectivity index is 1.54. The number of rotatable bonds is 6. The summed E-state index contributed by atoms with van der Waals surface area (Å²) in [4.78, 5) is 11.1. The third-order valence-corrected chi connectivity index (χ3v) is 4.10. The van der Waals surface area contributed by atoms with Gasteiger partial charge in [-0.1, -0.05) is 6.42 Å². The molecule has 0 radical (unpaired) electrons. The maximum Gasteiger partial charge on any atom is 0.307 e. The highest BCUT2D eigenvalue weighted by atomic mass is 16.5. The molecule has 92 valence electrons. The van der Waals surface area contributed by atoms with E-state index in [2.05, 4.69) is 5.32 Å². The number of carbonyl (C=O) groups excluding carboxylic acids is 1. The van der Waals surface area contributed by atoms with E-state index in [1.807, 2.05) is 6.92 Å². The predicted molar refractivity (Wildman–Crippen MR) is 63.1 cm³/mol. The molecule has 0 saturated heterocycles.